The van der Waals surface area contributed by atoms with E-state index in [1.54, 1.807) is 0 Å². The highest BCUT2D eigenvalue weighted by Crippen LogP contribution is 2.49. The van der Waals surface area contributed by atoms with E-state index in [4.69, 9.17) is 4.42 Å². The van der Waals surface area contributed by atoms with Crippen LogP contribution >= 0.6 is 22.7 Å². The van der Waals surface area contributed by atoms with Crippen molar-refractivity contribution in [1.29, 1.82) is 0 Å². The van der Waals surface area contributed by atoms with E-state index >= 15 is 0 Å². The molecule has 0 spiro atoms. The van der Waals surface area contributed by atoms with E-state index in [9.17, 15) is 0 Å². The molecule has 4 heteroatoms. The summed E-state index contributed by atoms with van der Waals surface area (Å²) < 4.78 is 11.7. The molecule has 3 heterocycles. The van der Waals surface area contributed by atoms with E-state index in [0.29, 0.717) is 0 Å². The molecule has 58 heavy (non-hydrogen) atoms. The second-order valence-corrected chi connectivity index (χ2v) is 16.9. The van der Waals surface area contributed by atoms with E-state index < -0.39 is 0 Å². The first-order valence-electron chi connectivity index (χ1n) is 19.6. The van der Waals surface area contributed by atoms with Crippen molar-refractivity contribution in [2.75, 3.05) is 4.90 Å². The maximum absolute atomic E-state index is 6.60. The van der Waals surface area contributed by atoms with Gasteiger partial charge in [0.1, 0.15) is 11.2 Å². The monoisotopic (exact) mass is 775 g/mol. The van der Waals surface area contributed by atoms with Crippen LogP contribution in [0.15, 0.2) is 205 Å². The lowest BCUT2D eigenvalue weighted by molar-refractivity contribution is 0.673. The van der Waals surface area contributed by atoms with Gasteiger partial charge in [-0.3, -0.25) is 0 Å². The standard InChI is InChI=1S/C54H33NOS2/c1-3-12-34(13-4-1)35-24-28-38(29-25-35)55(46-21-10-20-45-44-19-9-18-41(53(44)58-54(45)46)36-14-5-2-6-15-36)39-30-26-37(27-31-39)40-17-11-23-48-50(40)51-49(57-48)33-32-43-42-16-7-8-22-47(42)56-52(43)51/h1-33H. The Morgan fingerprint density at radius 2 is 0.914 bits per heavy atom. The number of thiophene rings is 2. The van der Waals surface area contributed by atoms with Crippen molar-refractivity contribution < 1.29 is 4.42 Å². The van der Waals surface area contributed by atoms with Crippen molar-refractivity contribution in [3.63, 3.8) is 0 Å². The van der Waals surface area contributed by atoms with Gasteiger partial charge in [0.05, 0.1) is 10.4 Å². The minimum absolute atomic E-state index is 0.924. The van der Waals surface area contributed by atoms with Gasteiger partial charge in [-0.2, -0.15) is 0 Å². The summed E-state index contributed by atoms with van der Waals surface area (Å²) in [6.07, 6.45) is 0. The Morgan fingerprint density at radius 1 is 0.345 bits per heavy atom. The molecule has 0 saturated heterocycles. The van der Waals surface area contributed by atoms with Gasteiger partial charge in [0.15, 0.2) is 0 Å². The number of furan rings is 1. The molecule has 0 aliphatic heterocycles. The van der Waals surface area contributed by atoms with Crippen molar-refractivity contribution in [3.05, 3.63) is 200 Å². The van der Waals surface area contributed by atoms with Crippen LogP contribution in [-0.2, 0) is 0 Å². The van der Waals surface area contributed by atoms with Crippen molar-refractivity contribution in [3.8, 4) is 33.4 Å². The SMILES string of the molecule is c1ccc(-c2ccc(N(c3ccc(-c4cccc5sc6ccc7c8ccccc8oc7c6c45)cc3)c3cccc4c3sc3c(-c5ccccc5)cccc34)cc2)cc1. The zero-order valence-corrected chi connectivity index (χ0v) is 32.9. The maximum Gasteiger partial charge on any atom is 0.144 e. The van der Waals surface area contributed by atoms with Crippen LogP contribution < -0.4 is 4.90 Å². The number of benzene rings is 9. The van der Waals surface area contributed by atoms with Gasteiger partial charge in [-0.25, -0.2) is 0 Å². The van der Waals surface area contributed by atoms with Crippen LogP contribution in [-0.4, -0.2) is 0 Å². The quantitative estimate of drug-likeness (QED) is 0.167. The molecule has 0 atom stereocenters. The average molecular weight is 776 g/mol. The molecule has 3 aromatic heterocycles. The summed E-state index contributed by atoms with van der Waals surface area (Å²) in [5.41, 5.74) is 12.6. The fraction of sp³-hybridized carbons (Fsp3) is 0. The molecule has 272 valence electrons. The molecule has 0 aliphatic carbocycles. The second-order valence-electron chi connectivity index (χ2n) is 14.8. The average Bonchev–Trinajstić information content (AvgIpc) is 3.99. The van der Waals surface area contributed by atoms with E-state index in [1.807, 2.05) is 28.7 Å². The fourth-order valence-corrected chi connectivity index (χ4v) is 11.3. The summed E-state index contributed by atoms with van der Waals surface area (Å²) in [5, 5.41) is 7.31. The number of hydrogen-bond acceptors (Lipinski definition) is 4. The Morgan fingerprint density at radius 3 is 1.69 bits per heavy atom. The molecule has 0 amide bonds. The molecule has 12 aromatic rings. The highest BCUT2D eigenvalue weighted by Gasteiger charge is 2.21. The summed E-state index contributed by atoms with van der Waals surface area (Å²) in [6, 6.07) is 72.5. The van der Waals surface area contributed by atoms with E-state index in [-0.39, 0.29) is 0 Å². The van der Waals surface area contributed by atoms with Crippen LogP contribution in [0.4, 0.5) is 17.1 Å². The largest absolute Gasteiger partial charge is 0.455 e. The van der Waals surface area contributed by atoms with Crippen molar-refractivity contribution in [2.24, 2.45) is 0 Å². The Labute approximate surface area is 343 Å². The number of para-hydroxylation sites is 1. The molecule has 0 saturated carbocycles. The normalized spacial score (nSPS) is 11.8. The van der Waals surface area contributed by atoms with Crippen LogP contribution in [0.3, 0.4) is 0 Å². The van der Waals surface area contributed by atoms with E-state index in [1.165, 1.54) is 73.7 Å². The van der Waals surface area contributed by atoms with Crippen molar-refractivity contribution in [2.45, 2.75) is 0 Å². The third-order valence-electron chi connectivity index (χ3n) is 11.5. The van der Waals surface area contributed by atoms with Crippen LogP contribution in [0, 0.1) is 0 Å². The van der Waals surface area contributed by atoms with Crippen LogP contribution in [0.1, 0.15) is 0 Å². The first-order valence-corrected chi connectivity index (χ1v) is 21.2. The molecule has 0 radical (unpaired) electrons. The van der Waals surface area contributed by atoms with Gasteiger partial charge in [-0.15, -0.1) is 22.7 Å². The predicted octanol–water partition coefficient (Wildman–Crippen LogP) is 16.8. The maximum atomic E-state index is 6.60. The number of hydrogen-bond donors (Lipinski definition) is 0. The molecule has 0 fully saturated rings. The molecule has 0 aliphatic rings. The van der Waals surface area contributed by atoms with Crippen LogP contribution in [0.5, 0.6) is 0 Å². The first kappa shape index (κ1) is 33.2. The molecular formula is C54H33NOS2. The van der Waals surface area contributed by atoms with Gasteiger partial charge in [0.2, 0.25) is 0 Å². The van der Waals surface area contributed by atoms with Gasteiger partial charge in [0, 0.05) is 57.8 Å². The third kappa shape index (κ3) is 5.23. The van der Waals surface area contributed by atoms with Crippen molar-refractivity contribution in [1.82, 2.24) is 0 Å². The van der Waals surface area contributed by atoms with Crippen LogP contribution in [0.25, 0.3) is 95.7 Å². The molecule has 2 nitrogen and oxygen atoms in total. The second kappa shape index (κ2) is 13.3. The number of anilines is 3. The molecule has 0 bridgehead atoms. The third-order valence-corrected chi connectivity index (χ3v) is 13.9. The van der Waals surface area contributed by atoms with Gasteiger partial charge in [-0.05, 0) is 88.0 Å². The lowest BCUT2D eigenvalue weighted by Gasteiger charge is -2.26. The zero-order chi connectivity index (χ0) is 38.2. The Balaban J connectivity index is 1.03. The topological polar surface area (TPSA) is 16.4 Å². The fourth-order valence-electron chi connectivity index (χ4n) is 8.80. The molecule has 9 aromatic carbocycles. The number of rotatable bonds is 6. The highest BCUT2D eigenvalue weighted by molar-refractivity contribution is 7.27. The summed E-state index contributed by atoms with van der Waals surface area (Å²) >= 11 is 3.72. The number of nitrogens with zero attached hydrogens (tertiary/aromatic N) is 1. The van der Waals surface area contributed by atoms with Gasteiger partial charge >= 0.3 is 0 Å². The van der Waals surface area contributed by atoms with Crippen molar-refractivity contribution >= 4 is 102 Å². The molecule has 0 N–H and O–H groups in total. The minimum atomic E-state index is 0.924. The minimum Gasteiger partial charge on any atom is -0.455 e. The van der Waals surface area contributed by atoms with Gasteiger partial charge in [0.25, 0.3) is 0 Å². The Kier molecular flexibility index (Phi) is 7.62. The first-order chi connectivity index (χ1) is 28.8. The zero-order valence-electron chi connectivity index (χ0n) is 31.2. The smallest absolute Gasteiger partial charge is 0.144 e. The number of fused-ring (bicyclic) bond motifs is 10. The molecular weight excluding hydrogens is 743 g/mol. The van der Waals surface area contributed by atoms with Crippen LogP contribution in [0.2, 0.25) is 0 Å². The Hall–Kier alpha value is -6.98. The summed E-state index contributed by atoms with van der Waals surface area (Å²) in [6.45, 7) is 0. The highest BCUT2D eigenvalue weighted by atomic mass is 32.1. The predicted molar refractivity (Wildman–Crippen MR) is 250 cm³/mol. The molecule has 0 unspecified atom stereocenters. The molecule has 12 rings (SSSR count). The Bertz CT molecular complexity index is 3490. The van der Waals surface area contributed by atoms with Gasteiger partial charge in [-0.1, -0.05) is 146 Å². The van der Waals surface area contributed by atoms with Gasteiger partial charge < -0.3 is 9.32 Å². The van der Waals surface area contributed by atoms with E-state index in [0.717, 1.165) is 39.0 Å². The summed E-state index contributed by atoms with van der Waals surface area (Å²) in [4.78, 5) is 2.43. The summed E-state index contributed by atoms with van der Waals surface area (Å²) in [5.74, 6) is 0. The lowest BCUT2D eigenvalue weighted by Crippen LogP contribution is -2.10. The lowest BCUT2D eigenvalue weighted by atomic mass is 9.98. The summed E-state index contributed by atoms with van der Waals surface area (Å²) in [7, 11) is 0. The van der Waals surface area contributed by atoms with E-state index in [2.05, 4.69) is 199 Å².